The van der Waals surface area contributed by atoms with Crippen LogP contribution in [0.4, 0.5) is 0 Å². The zero-order valence-electron chi connectivity index (χ0n) is 8.05. The van der Waals surface area contributed by atoms with E-state index in [1.807, 2.05) is 20.8 Å². The molecule has 0 aliphatic rings. The Balaban J connectivity index is 3.42. The summed E-state index contributed by atoms with van der Waals surface area (Å²) in [7, 11) is -0.642. The predicted octanol–water partition coefficient (Wildman–Crippen LogP) is 2.27. The number of hydrogen-bond donors (Lipinski definition) is 0. The molecule has 0 amide bonds. The topological polar surface area (TPSA) is 18.5 Å². The molecule has 66 valence electrons. The van der Waals surface area contributed by atoms with Gasteiger partial charge in [-0.1, -0.05) is 18.8 Å². The van der Waals surface area contributed by atoms with Gasteiger partial charge in [-0.2, -0.15) is 4.89 Å². The van der Waals surface area contributed by atoms with Gasteiger partial charge in [-0.3, -0.25) is 0 Å². The van der Waals surface area contributed by atoms with Gasteiger partial charge < -0.3 is 4.89 Å². The molecule has 0 fully saturated rings. The van der Waals surface area contributed by atoms with Gasteiger partial charge in [0.1, 0.15) is 11.9 Å². The molecule has 0 spiro atoms. The smallest absolute Gasteiger partial charge is 0.121 e. The summed E-state index contributed by atoms with van der Waals surface area (Å²) in [6, 6.07) is 0. The quantitative estimate of drug-likeness (QED) is 0.283. The summed E-state index contributed by atoms with van der Waals surface area (Å²) in [5, 5.41) is 0. The van der Waals surface area contributed by atoms with Crippen LogP contribution in [0.2, 0.25) is 13.1 Å². The van der Waals surface area contributed by atoms with Gasteiger partial charge in [-0.05, 0) is 20.8 Å². The molecule has 3 heteroatoms. The minimum Gasteiger partial charge on any atom is -0.346 e. The Labute approximate surface area is 70.7 Å². The average Bonchev–Trinajstić information content (AvgIpc) is 1.78. The molecule has 0 aromatic carbocycles. The third-order valence-electron chi connectivity index (χ3n) is 0.817. The van der Waals surface area contributed by atoms with Gasteiger partial charge >= 0.3 is 0 Å². The van der Waals surface area contributed by atoms with Crippen LogP contribution in [-0.2, 0) is 9.78 Å². The summed E-state index contributed by atoms with van der Waals surface area (Å²) < 4.78 is 0. The van der Waals surface area contributed by atoms with E-state index in [9.17, 15) is 0 Å². The Bertz CT molecular complexity index is 125. The van der Waals surface area contributed by atoms with Crippen LogP contribution in [0.1, 0.15) is 20.8 Å². The van der Waals surface area contributed by atoms with E-state index in [0.29, 0.717) is 0 Å². The van der Waals surface area contributed by atoms with Crippen molar-refractivity contribution in [2.45, 2.75) is 39.5 Å². The summed E-state index contributed by atoms with van der Waals surface area (Å²) in [6.07, 6.45) is 1.64. The van der Waals surface area contributed by atoms with E-state index in [-0.39, 0.29) is 5.60 Å². The SMILES string of the molecule is C[SiH](C)C=COOC(C)(C)C. The van der Waals surface area contributed by atoms with Gasteiger partial charge in [-0.15, -0.1) is 0 Å². The molecule has 0 unspecified atom stereocenters. The van der Waals surface area contributed by atoms with Crippen molar-refractivity contribution in [2.24, 2.45) is 0 Å². The van der Waals surface area contributed by atoms with Crippen molar-refractivity contribution in [3.8, 4) is 0 Å². The zero-order valence-corrected chi connectivity index (χ0v) is 9.20. The molecule has 0 heterocycles. The first kappa shape index (κ1) is 10.7. The standard InChI is InChI=1S/C8H18O2Si/c1-8(2,3)10-9-6-7-11(4)5/h6-7,11H,1-5H3. The van der Waals surface area contributed by atoms with Gasteiger partial charge in [0.15, 0.2) is 0 Å². The van der Waals surface area contributed by atoms with Crippen LogP contribution in [0.25, 0.3) is 0 Å². The first-order valence-corrected chi connectivity index (χ1v) is 6.90. The Morgan fingerprint density at radius 3 is 2.09 bits per heavy atom. The second-order valence-electron chi connectivity index (χ2n) is 3.86. The highest BCUT2D eigenvalue weighted by Gasteiger charge is 2.10. The molecular formula is C8H18O2Si. The van der Waals surface area contributed by atoms with Crippen molar-refractivity contribution < 1.29 is 9.78 Å². The highest BCUT2D eigenvalue weighted by atomic mass is 28.3. The Kier molecular flexibility index (Phi) is 4.45. The largest absolute Gasteiger partial charge is 0.346 e. The molecular weight excluding hydrogens is 156 g/mol. The molecule has 0 atom stereocenters. The zero-order chi connectivity index (χ0) is 8.91. The van der Waals surface area contributed by atoms with E-state index in [4.69, 9.17) is 9.78 Å². The molecule has 0 bridgehead atoms. The van der Waals surface area contributed by atoms with Crippen LogP contribution < -0.4 is 0 Å². The van der Waals surface area contributed by atoms with Crippen LogP contribution in [0, 0.1) is 0 Å². The molecule has 0 aromatic rings. The lowest BCUT2D eigenvalue weighted by molar-refractivity contribution is -0.310. The van der Waals surface area contributed by atoms with Crippen molar-refractivity contribution in [1.82, 2.24) is 0 Å². The lowest BCUT2D eigenvalue weighted by Crippen LogP contribution is -2.17. The van der Waals surface area contributed by atoms with Gasteiger partial charge in [0.25, 0.3) is 0 Å². The number of hydrogen-bond acceptors (Lipinski definition) is 2. The van der Waals surface area contributed by atoms with Crippen LogP contribution in [0.15, 0.2) is 12.0 Å². The molecule has 0 saturated carbocycles. The second kappa shape index (κ2) is 4.57. The molecule has 0 aromatic heterocycles. The Hall–Kier alpha value is -0.283. The Morgan fingerprint density at radius 1 is 1.18 bits per heavy atom. The third-order valence-corrected chi connectivity index (χ3v) is 1.74. The van der Waals surface area contributed by atoms with Gasteiger partial charge in [-0.25, -0.2) is 0 Å². The predicted molar refractivity (Wildman–Crippen MR) is 49.9 cm³/mol. The highest BCUT2D eigenvalue weighted by Crippen LogP contribution is 2.06. The van der Waals surface area contributed by atoms with Crippen LogP contribution in [-0.4, -0.2) is 14.4 Å². The third kappa shape index (κ3) is 9.72. The minimum atomic E-state index is -0.642. The maximum Gasteiger partial charge on any atom is 0.121 e. The van der Waals surface area contributed by atoms with Gasteiger partial charge in [0.2, 0.25) is 0 Å². The monoisotopic (exact) mass is 174 g/mol. The first-order chi connectivity index (χ1) is 4.92. The van der Waals surface area contributed by atoms with E-state index in [2.05, 4.69) is 18.8 Å². The molecule has 0 saturated heterocycles. The minimum absolute atomic E-state index is 0.219. The fraction of sp³-hybridized carbons (Fsp3) is 0.750. The van der Waals surface area contributed by atoms with E-state index in [0.717, 1.165) is 0 Å². The van der Waals surface area contributed by atoms with Crippen molar-refractivity contribution >= 4 is 8.80 Å². The normalized spacial score (nSPS) is 12.9. The fourth-order valence-corrected chi connectivity index (χ4v) is 0.740. The molecule has 0 aliphatic carbocycles. The molecule has 11 heavy (non-hydrogen) atoms. The maximum absolute atomic E-state index is 5.02. The van der Waals surface area contributed by atoms with Gasteiger partial charge in [0.05, 0.1) is 8.80 Å². The van der Waals surface area contributed by atoms with Crippen LogP contribution >= 0.6 is 0 Å². The highest BCUT2D eigenvalue weighted by molar-refractivity contribution is 6.61. The Morgan fingerprint density at radius 2 is 1.73 bits per heavy atom. The molecule has 0 aliphatic heterocycles. The summed E-state index contributed by atoms with van der Waals surface area (Å²) in [6.45, 7) is 10.3. The second-order valence-corrected chi connectivity index (χ2v) is 6.74. The maximum atomic E-state index is 5.02. The van der Waals surface area contributed by atoms with E-state index in [1.165, 1.54) is 0 Å². The average molecular weight is 174 g/mol. The summed E-state index contributed by atoms with van der Waals surface area (Å²) in [4.78, 5) is 9.88. The van der Waals surface area contributed by atoms with Crippen molar-refractivity contribution in [2.75, 3.05) is 0 Å². The summed E-state index contributed by atoms with van der Waals surface area (Å²) in [5.41, 5.74) is 1.86. The summed E-state index contributed by atoms with van der Waals surface area (Å²) >= 11 is 0. The van der Waals surface area contributed by atoms with Crippen molar-refractivity contribution in [3.63, 3.8) is 0 Å². The van der Waals surface area contributed by atoms with Gasteiger partial charge in [0, 0.05) is 0 Å². The molecule has 0 rings (SSSR count). The fourth-order valence-electron chi connectivity index (χ4n) is 0.361. The lowest BCUT2D eigenvalue weighted by atomic mass is 10.2. The lowest BCUT2D eigenvalue weighted by Gasteiger charge is -2.15. The van der Waals surface area contributed by atoms with E-state index >= 15 is 0 Å². The van der Waals surface area contributed by atoms with Crippen molar-refractivity contribution in [3.05, 3.63) is 12.0 Å². The van der Waals surface area contributed by atoms with Crippen molar-refractivity contribution in [1.29, 1.82) is 0 Å². The molecule has 0 radical (unpaired) electrons. The van der Waals surface area contributed by atoms with Crippen LogP contribution in [0.3, 0.4) is 0 Å². The molecule has 0 N–H and O–H groups in total. The van der Waals surface area contributed by atoms with E-state index in [1.54, 1.807) is 6.26 Å². The molecule has 2 nitrogen and oxygen atoms in total. The summed E-state index contributed by atoms with van der Waals surface area (Å²) in [5.74, 6) is 0. The van der Waals surface area contributed by atoms with Crippen LogP contribution in [0.5, 0.6) is 0 Å². The van der Waals surface area contributed by atoms with E-state index < -0.39 is 8.80 Å². The first-order valence-electron chi connectivity index (χ1n) is 3.93. The number of rotatable bonds is 3.